The van der Waals surface area contributed by atoms with Crippen molar-refractivity contribution >= 4 is 16.3 Å². The summed E-state index contributed by atoms with van der Waals surface area (Å²) in [6.07, 6.45) is 53.9. The molecule has 1 aliphatic rings. The van der Waals surface area contributed by atoms with Crippen molar-refractivity contribution < 1.29 is 51.8 Å². The molecule has 440 valence electrons. The van der Waals surface area contributed by atoms with E-state index in [1.165, 1.54) is 238 Å². The van der Waals surface area contributed by atoms with Crippen molar-refractivity contribution in [3.8, 4) is 0 Å². The molecule has 0 bridgehead atoms. The minimum absolute atomic E-state index is 0.224. The van der Waals surface area contributed by atoms with E-state index in [9.17, 15) is 38.2 Å². The van der Waals surface area contributed by atoms with Gasteiger partial charge in [0.1, 0.15) is 24.4 Å². The van der Waals surface area contributed by atoms with Gasteiger partial charge < -0.3 is 35.2 Å². The number of aliphatic hydroxyl groups excluding tert-OH is 4. The van der Waals surface area contributed by atoms with E-state index in [0.29, 0.717) is 12.8 Å². The first-order valence-electron chi connectivity index (χ1n) is 31.6. The van der Waals surface area contributed by atoms with Crippen molar-refractivity contribution in [3.63, 3.8) is 0 Å². The van der Waals surface area contributed by atoms with E-state index in [0.717, 1.165) is 51.4 Å². The molecule has 0 aliphatic carbocycles. The molecule has 1 rings (SSSR count). The molecule has 1 aliphatic heterocycles. The number of nitrogens with one attached hydrogen (secondary N) is 1. The molecule has 13 heteroatoms. The van der Waals surface area contributed by atoms with Crippen LogP contribution in [0.2, 0.25) is 0 Å². The zero-order valence-electron chi connectivity index (χ0n) is 47.9. The first-order chi connectivity index (χ1) is 36.0. The number of aliphatic hydroxyl groups is 4. The van der Waals surface area contributed by atoms with Gasteiger partial charge in [-0.15, -0.1) is 0 Å². The Hall–Kier alpha value is -1.16. The maximum absolute atomic E-state index is 13.2. The summed E-state index contributed by atoms with van der Waals surface area (Å²) in [5.74, 6) is -0.224. The Bertz CT molecular complexity index is 1350. The first-order valence-corrected chi connectivity index (χ1v) is 32.9. The monoisotopic (exact) mass is 1070 g/mol. The summed E-state index contributed by atoms with van der Waals surface area (Å²) in [5.41, 5.74) is 0. The van der Waals surface area contributed by atoms with Gasteiger partial charge in [-0.3, -0.25) is 9.35 Å². The van der Waals surface area contributed by atoms with Gasteiger partial charge in [-0.2, -0.15) is 8.42 Å². The van der Waals surface area contributed by atoms with E-state index >= 15 is 0 Å². The molecule has 0 saturated carbocycles. The molecular formula is C61H119NO11S. The molecule has 1 saturated heterocycles. The molecule has 7 unspecified atom stereocenters. The fraction of sp³-hybridized carbons (Fsp3) is 0.951. The highest BCUT2D eigenvalue weighted by molar-refractivity contribution is 7.80. The number of allylic oxidation sites excluding steroid dienone is 2. The van der Waals surface area contributed by atoms with Gasteiger partial charge in [0.25, 0.3) is 0 Å². The minimum Gasteiger partial charge on any atom is -0.394 e. The number of ether oxygens (including phenoxy) is 2. The highest BCUT2D eigenvalue weighted by atomic mass is 32.3. The summed E-state index contributed by atoms with van der Waals surface area (Å²) in [7, 11) is -5.08. The Kier molecular flexibility index (Phi) is 49.1. The Labute approximate surface area is 455 Å². The maximum atomic E-state index is 13.2. The van der Waals surface area contributed by atoms with Crippen molar-refractivity contribution in [2.45, 2.75) is 358 Å². The van der Waals surface area contributed by atoms with E-state index in [1.807, 2.05) is 0 Å². The van der Waals surface area contributed by atoms with Crippen LogP contribution in [0.4, 0.5) is 0 Å². The standard InChI is InChI=1S/C61H119NO11S/c1-3-5-7-9-11-13-15-17-19-20-21-22-23-24-25-26-27-28-29-30-31-32-33-34-35-36-37-39-41-43-45-47-49-51-57(65)62-54(53-71-61-59(67)60(73-74(68,69)70)58(66)56(52-63)72-61)55(64)50-48-46-44-42-40-38-18-16-14-12-10-8-6-4-2/h24-25,54-56,58-61,63-64,66-67H,3-23,26-53H2,1-2H3,(H,62,65)(H,68,69,70)/b25-24-. The molecule has 0 radical (unpaired) electrons. The van der Waals surface area contributed by atoms with E-state index in [4.69, 9.17) is 9.47 Å². The maximum Gasteiger partial charge on any atom is 0.397 e. The lowest BCUT2D eigenvalue weighted by Gasteiger charge is -2.41. The number of hydrogen-bond acceptors (Lipinski definition) is 10. The van der Waals surface area contributed by atoms with Crippen LogP contribution in [0.1, 0.15) is 316 Å². The number of carbonyl (C=O) groups excluding carboxylic acids is 1. The molecule has 74 heavy (non-hydrogen) atoms. The van der Waals surface area contributed by atoms with Crippen molar-refractivity contribution in [3.05, 3.63) is 12.2 Å². The number of hydrogen-bond donors (Lipinski definition) is 6. The van der Waals surface area contributed by atoms with E-state index in [-0.39, 0.29) is 12.5 Å². The first kappa shape index (κ1) is 70.9. The third kappa shape index (κ3) is 42.8. The van der Waals surface area contributed by atoms with Gasteiger partial charge in [-0.1, -0.05) is 283 Å². The van der Waals surface area contributed by atoms with Crippen LogP contribution in [-0.4, -0.2) is 95.4 Å². The Morgan fingerprint density at radius 1 is 0.527 bits per heavy atom. The van der Waals surface area contributed by atoms with E-state index < -0.39 is 59.9 Å². The lowest BCUT2D eigenvalue weighted by atomic mass is 9.99. The summed E-state index contributed by atoms with van der Waals surface area (Å²) in [6.45, 7) is 3.49. The summed E-state index contributed by atoms with van der Waals surface area (Å²) < 4.78 is 47.9. The zero-order valence-corrected chi connectivity index (χ0v) is 48.8. The summed E-state index contributed by atoms with van der Waals surface area (Å²) in [6, 6.07) is -0.855. The largest absolute Gasteiger partial charge is 0.397 e. The van der Waals surface area contributed by atoms with Crippen LogP contribution in [-0.2, 0) is 28.9 Å². The topological polar surface area (TPSA) is 192 Å². The second-order valence-electron chi connectivity index (χ2n) is 22.4. The molecule has 1 fully saturated rings. The average Bonchev–Trinajstić information content (AvgIpc) is 3.38. The van der Waals surface area contributed by atoms with Crippen molar-refractivity contribution in [1.82, 2.24) is 5.32 Å². The second kappa shape index (κ2) is 51.3. The summed E-state index contributed by atoms with van der Waals surface area (Å²) in [4.78, 5) is 13.2. The summed E-state index contributed by atoms with van der Waals surface area (Å²) >= 11 is 0. The molecule has 6 N–H and O–H groups in total. The lowest BCUT2D eigenvalue weighted by molar-refractivity contribution is -0.298. The number of carbonyl (C=O) groups is 1. The van der Waals surface area contributed by atoms with Crippen LogP contribution in [0.3, 0.4) is 0 Å². The minimum atomic E-state index is -5.08. The van der Waals surface area contributed by atoms with Crippen molar-refractivity contribution in [2.75, 3.05) is 13.2 Å². The van der Waals surface area contributed by atoms with E-state index in [2.05, 4.69) is 35.5 Å². The molecule has 0 aromatic rings. The third-order valence-corrected chi connectivity index (χ3v) is 15.8. The quantitative estimate of drug-likeness (QED) is 0.0193. The highest BCUT2D eigenvalue weighted by Gasteiger charge is 2.48. The van der Waals surface area contributed by atoms with Crippen molar-refractivity contribution in [1.29, 1.82) is 0 Å². The predicted octanol–water partition coefficient (Wildman–Crippen LogP) is 15.4. The van der Waals surface area contributed by atoms with Crippen LogP contribution < -0.4 is 5.32 Å². The fourth-order valence-electron chi connectivity index (χ4n) is 10.5. The molecule has 12 nitrogen and oxygen atoms in total. The van der Waals surface area contributed by atoms with Crippen LogP contribution in [0.5, 0.6) is 0 Å². The lowest BCUT2D eigenvalue weighted by Crippen LogP contribution is -2.61. The van der Waals surface area contributed by atoms with Crippen LogP contribution in [0.25, 0.3) is 0 Å². The Morgan fingerprint density at radius 3 is 1.22 bits per heavy atom. The Balaban J connectivity index is 2.20. The van der Waals surface area contributed by atoms with Gasteiger partial charge in [0.2, 0.25) is 5.91 Å². The number of rotatable bonds is 56. The van der Waals surface area contributed by atoms with E-state index in [1.54, 1.807) is 0 Å². The van der Waals surface area contributed by atoms with Gasteiger partial charge in [-0.25, -0.2) is 4.18 Å². The molecule has 0 spiro atoms. The zero-order chi connectivity index (χ0) is 54.0. The van der Waals surface area contributed by atoms with Gasteiger partial charge in [0.15, 0.2) is 6.29 Å². The van der Waals surface area contributed by atoms with Crippen LogP contribution >= 0.6 is 0 Å². The molecule has 7 atom stereocenters. The van der Waals surface area contributed by atoms with Gasteiger partial charge in [-0.05, 0) is 38.5 Å². The molecule has 0 aromatic carbocycles. The second-order valence-corrected chi connectivity index (χ2v) is 23.4. The van der Waals surface area contributed by atoms with Gasteiger partial charge in [0.05, 0.1) is 25.4 Å². The van der Waals surface area contributed by atoms with Gasteiger partial charge >= 0.3 is 10.4 Å². The van der Waals surface area contributed by atoms with Crippen LogP contribution in [0, 0.1) is 0 Å². The molecule has 0 aromatic heterocycles. The normalized spacial score (nSPS) is 19.1. The third-order valence-electron chi connectivity index (χ3n) is 15.3. The fourth-order valence-corrected chi connectivity index (χ4v) is 11.0. The highest BCUT2D eigenvalue weighted by Crippen LogP contribution is 2.26. The number of amides is 1. The average molecular weight is 1070 g/mol. The smallest absolute Gasteiger partial charge is 0.394 e. The SMILES string of the molecule is CCCCCCCCCCCCCC/C=C\CCCCCCCCCCCCCCCCCCCC(=O)NC(COC1OC(CO)C(O)C(OS(=O)(=O)O)C1O)C(O)CCCCCCCCCCCCCCCC. The molecular weight excluding hydrogens is 955 g/mol. The Morgan fingerprint density at radius 2 is 0.865 bits per heavy atom. The molecule has 1 amide bonds. The van der Waals surface area contributed by atoms with Crippen LogP contribution in [0.15, 0.2) is 12.2 Å². The number of unbranched alkanes of at least 4 members (excludes halogenated alkanes) is 42. The molecule has 1 heterocycles. The predicted molar refractivity (Wildman–Crippen MR) is 306 cm³/mol. The van der Waals surface area contributed by atoms with Crippen molar-refractivity contribution in [2.24, 2.45) is 0 Å². The van der Waals surface area contributed by atoms with Gasteiger partial charge in [0, 0.05) is 6.42 Å². The summed E-state index contributed by atoms with van der Waals surface area (Å²) in [5, 5.41) is 45.1.